The van der Waals surface area contributed by atoms with E-state index in [0.29, 0.717) is 23.9 Å². The Morgan fingerprint density at radius 3 is 2.57 bits per heavy atom. The highest BCUT2D eigenvalue weighted by Gasteiger charge is 2.38. The number of rotatable bonds is 11. The van der Waals surface area contributed by atoms with Crippen LogP contribution in [-0.4, -0.2) is 52.7 Å². The highest BCUT2D eigenvalue weighted by atomic mass is 19.1. The van der Waals surface area contributed by atoms with E-state index in [1.54, 1.807) is 23.0 Å². The van der Waals surface area contributed by atoms with Gasteiger partial charge in [0.25, 0.3) is 5.91 Å². The van der Waals surface area contributed by atoms with Gasteiger partial charge in [0, 0.05) is 29.9 Å². The second kappa shape index (κ2) is 10.5. The van der Waals surface area contributed by atoms with Gasteiger partial charge in [0.1, 0.15) is 5.82 Å². The molecule has 3 aromatic rings. The molecule has 0 radical (unpaired) electrons. The predicted octanol–water partition coefficient (Wildman–Crippen LogP) is 2.97. The first-order chi connectivity index (χ1) is 17.1. The molecular formula is C27H30FN5O2. The van der Waals surface area contributed by atoms with Gasteiger partial charge >= 0.3 is 0 Å². The maximum absolute atomic E-state index is 13.1. The van der Waals surface area contributed by atoms with Crippen LogP contribution in [0.15, 0.2) is 67.0 Å². The molecule has 1 aliphatic heterocycles. The Morgan fingerprint density at radius 2 is 1.91 bits per heavy atom. The minimum atomic E-state index is -0.528. The highest BCUT2D eigenvalue weighted by molar-refractivity contribution is 5.99. The van der Waals surface area contributed by atoms with Crippen LogP contribution < -0.4 is 16.0 Å². The molecule has 1 unspecified atom stereocenters. The maximum atomic E-state index is 13.1. The molecule has 1 aliphatic carbocycles. The summed E-state index contributed by atoms with van der Waals surface area (Å²) in [6, 6.07) is 15.4. The third-order valence-corrected chi connectivity index (χ3v) is 6.88. The SMILES string of the molecule is O=C(N[C@@H](CCCN[C@@H]1C[C@H]1c1ccc(F)cc1)C(=O)C1CCN1)c1ccc(-n2cccn2)cc1. The van der Waals surface area contributed by atoms with Gasteiger partial charge in [0.05, 0.1) is 17.8 Å². The maximum Gasteiger partial charge on any atom is 0.251 e. The van der Waals surface area contributed by atoms with Gasteiger partial charge in [-0.3, -0.25) is 9.59 Å². The number of amides is 1. The van der Waals surface area contributed by atoms with E-state index in [1.807, 2.05) is 36.5 Å². The number of hydrogen-bond donors (Lipinski definition) is 3. The number of ketones is 1. The van der Waals surface area contributed by atoms with Crippen molar-refractivity contribution in [2.24, 2.45) is 0 Å². The number of carbonyl (C=O) groups excluding carboxylic acids is 2. The number of carbonyl (C=O) groups is 2. The van der Waals surface area contributed by atoms with Crippen LogP contribution >= 0.6 is 0 Å². The molecule has 4 atom stereocenters. The van der Waals surface area contributed by atoms with Crippen LogP contribution in [0.1, 0.15) is 47.5 Å². The number of nitrogens with one attached hydrogen (secondary N) is 3. The van der Waals surface area contributed by atoms with E-state index in [4.69, 9.17) is 0 Å². The van der Waals surface area contributed by atoms with E-state index in [2.05, 4.69) is 21.0 Å². The molecule has 1 aromatic heterocycles. The average molecular weight is 476 g/mol. The van der Waals surface area contributed by atoms with E-state index < -0.39 is 6.04 Å². The largest absolute Gasteiger partial charge is 0.342 e. The smallest absolute Gasteiger partial charge is 0.251 e. The quantitative estimate of drug-likeness (QED) is 0.371. The van der Waals surface area contributed by atoms with E-state index in [-0.39, 0.29) is 23.5 Å². The lowest BCUT2D eigenvalue weighted by atomic mass is 9.94. The van der Waals surface area contributed by atoms with Gasteiger partial charge in [0.15, 0.2) is 5.78 Å². The van der Waals surface area contributed by atoms with Gasteiger partial charge in [0.2, 0.25) is 0 Å². The number of halogens is 1. The lowest BCUT2D eigenvalue weighted by Crippen LogP contribution is -2.56. The van der Waals surface area contributed by atoms with Gasteiger partial charge in [-0.15, -0.1) is 0 Å². The highest BCUT2D eigenvalue weighted by Crippen LogP contribution is 2.40. The first kappa shape index (κ1) is 23.4. The standard InChI is InChI=1S/C27H30FN5O2/c28-20-8-4-18(5-9-20)22-17-25(22)29-13-1-3-24(26(34)23-12-15-30-23)32-27(35)19-6-10-21(11-7-19)33-16-2-14-31-33/h2,4-11,14,16,22-25,29-30H,1,3,12-13,15,17H2,(H,32,35)/t22-,23?,24-,25+/m0/s1. The van der Waals surface area contributed by atoms with Crippen molar-refractivity contribution in [3.8, 4) is 5.69 Å². The summed E-state index contributed by atoms with van der Waals surface area (Å²) >= 11 is 0. The number of benzene rings is 2. The first-order valence-corrected chi connectivity index (χ1v) is 12.3. The van der Waals surface area contributed by atoms with Crippen molar-refractivity contribution in [2.75, 3.05) is 13.1 Å². The molecule has 1 saturated heterocycles. The van der Waals surface area contributed by atoms with E-state index in [9.17, 15) is 14.0 Å². The summed E-state index contributed by atoms with van der Waals surface area (Å²) in [5.41, 5.74) is 2.53. The Bertz CT molecular complexity index is 1140. The summed E-state index contributed by atoms with van der Waals surface area (Å²) in [7, 11) is 0. The Hall–Kier alpha value is -3.36. The van der Waals surface area contributed by atoms with Crippen LogP contribution in [0.2, 0.25) is 0 Å². The van der Waals surface area contributed by atoms with Crippen LogP contribution in [0.5, 0.6) is 0 Å². The summed E-state index contributed by atoms with van der Waals surface area (Å²) in [6.07, 6.45) is 6.73. The molecule has 1 saturated carbocycles. The van der Waals surface area contributed by atoms with Gasteiger partial charge in [-0.05, 0) is 86.8 Å². The fourth-order valence-electron chi connectivity index (χ4n) is 4.58. The molecule has 8 heteroatoms. The van der Waals surface area contributed by atoms with Crippen molar-refractivity contribution >= 4 is 11.7 Å². The third-order valence-electron chi connectivity index (χ3n) is 6.88. The molecule has 2 aliphatic rings. The number of aromatic nitrogens is 2. The molecular weight excluding hydrogens is 445 g/mol. The van der Waals surface area contributed by atoms with Gasteiger partial charge < -0.3 is 16.0 Å². The molecule has 3 N–H and O–H groups in total. The third kappa shape index (κ3) is 5.66. The molecule has 1 amide bonds. The predicted molar refractivity (Wildman–Crippen MR) is 131 cm³/mol. The topological polar surface area (TPSA) is 88.0 Å². The molecule has 2 aromatic carbocycles. The summed E-state index contributed by atoms with van der Waals surface area (Å²) in [6.45, 7) is 1.60. The Labute approximate surface area is 204 Å². The van der Waals surface area contributed by atoms with Crippen LogP contribution in [-0.2, 0) is 4.79 Å². The van der Waals surface area contributed by atoms with E-state index >= 15 is 0 Å². The zero-order valence-corrected chi connectivity index (χ0v) is 19.5. The number of hydrogen-bond acceptors (Lipinski definition) is 5. The molecule has 7 nitrogen and oxygen atoms in total. The number of nitrogens with zero attached hydrogens (tertiary/aromatic N) is 2. The molecule has 0 bridgehead atoms. The van der Waals surface area contributed by atoms with Crippen LogP contribution in [0, 0.1) is 5.82 Å². The minimum absolute atomic E-state index is 0.0494. The Morgan fingerprint density at radius 1 is 1.14 bits per heavy atom. The van der Waals surface area contributed by atoms with Crippen molar-refractivity contribution in [3.63, 3.8) is 0 Å². The van der Waals surface area contributed by atoms with E-state index in [0.717, 1.165) is 43.6 Å². The average Bonchev–Trinajstić information content (AvgIpc) is 3.39. The summed E-state index contributed by atoms with van der Waals surface area (Å²) in [5, 5.41) is 13.9. The minimum Gasteiger partial charge on any atom is -0.342 e. The normalized spacial score (nSPS) is 21.7. The lowest BCUT2D eigenvalue weighted by molar-refractivity contribution is -0.124. The monoisotopic (exact) mass is 475 g/mol. The number of Topliss-reactive ketones (excluding diaryl/α,β-unsaturated/α-hetero) is 1. The molecule has 5 rings (SSSR count). The summed E-state index contributed by atoms with van der Waals surface area (Å²) in [4.78, 5) is 25.9. The molecule has 35 heavy (non-hydrogen) atoms. The first-order valence-electron chi connectivity index (χ1n) is 12.3. The second-order valence-electron chi connectivity index (χ2n) is 9.32. The van der Waals surface area contributed by atoms with E-state index in [1.165, 1.54) is 12.1 Å². The summed E-state index contributed by atoms with van der Waals surface area (Å²) < 4.78 is 14.9. The second-order valence-corrected chi connectivity index (χ2v) is 9.32. The van der Waals surface area contributed by atoms with Gasteiger partial charge in [-0.2, -0.15) is 5.10 Å². The van der Waals surface area contributed by atoms with Crippen molar-refractivity contribution in [3.05, 3.63) is 83.9 Å². The van der Waals surface area contributed by atoms with Crippen molar-refractivity contribution in [1.29, 1.82) is 0 Å². The van der Waals surface area contributed by atoms with Crippen LogP contribution in [0.3, 0.4) is 0 Å². The van der Waals surface area contributed by atoms with Crippen LogP contribution in [0.4, 0.5) is 4.39 Å². The Balaban J connectivity index is 1.13. The fraction of sp³-hybridized carbons (Fsp3) is 0.370. The molecule has 2 heterocycles. The van der Waals surface area contributed by atoms with Crippen LogP contribution in [0.25, 0.3) is 5.69 Å². The molecule has 2 fully saturated rings. The molecule has 182 valence electrons. The van der Waals surface area contributed by atoms with Gasteiger partial charge in [-0.25, -0.2) is 9.07 Å². The zero-order chi connectivity index (χ0) is 24.2. The molecule has 0 spiro atoms. The van der Waals surface area contributed by atoms with Crippen molar-refractivity contribution in [2.45, 2.75) is 49.7 Å². The Kier molecular flexibility index (Phi) is 7.01. The van der Waals surface area contributed by atoms with Gasteiger partial charge in [-0.1, -0.05) is 12.1 Å². The zero-order valence-electron chi connectivity index (χ0n) is 19.5. The lowest BCUT2D eigenvalue weighted by Gasteiger charge is -2.30. The van der Waals surface area contributed by atoms with Crippen molar-refractivity contribution < 1.29 is 14.0 Å². The van der Waals surface area contributed by atoms with Crippen molar-refractivity contribution in [1.82, 2.24) is 25.7 Å². The summed E-state index contributed by atoms with van der Waals surface area (Å²) in [5.74, 6) is -0.00215. The fourth-order valence-corrected chi connectivity index (χ4v) is 4.58.